The lowest BCUT2D eigenvalue weighted by Crippen LogP contribution is -2.24. The van der Waals surface area contributed by atoms with Crippen molar-refractivity contribution in [1.82, 2.24) is 20.9 Å². The summed E-state index contributed by atoms with van der Waals surface area (Å²) >= 11 is 12.0. The minimum absolute atomic E-state index is 0.538. The van der Waals surface area contributed by atoms with E-state index in [1.807, 2.05) is 73.3 Å². The quantitative estimate of drug-likeness (QED) is 0.0833. The Morgan fingerprint density at radius 1 is 0.604 bits per heavy atom. The van der Waals surface area contributed by atoms with Gasteiger partial charge in [-0.3, -0.25) is 31.3 Å². The van der Waals surface area contributed by atoms with Gasteiger partial charge in [0, 0.05) is 47.7 Å². The molecule has 2 saturated carbocycles. The number of amidine groups is 2. The fourth-order valence-corrected chi connectivity index (χ4v) is 7.19. The van der Waals surface area contributed by atoms with Crippen LogP contribution in [0.4, 0.5) is 11.4 Å². The molecule has 8 nitrogen and oxygen atoms in total. The molecule has 4 aromatic rings. The summed E-state index contributed by atoms with van der Waals surface area (Å²) in [5.41, 5.74) is 8.69. The number of aliphatic imine (C=N–C) groups is 2. The zero-order chi connectivity index (χ0) is 33.6. The highest BCUT2D eigenvalue weighted by molar-refractivity contribution is 6.31. The fourth-order valence-electron chi connectivity index (χ4n) is 6.82. The first-order valence-corrected chi connectivity index (χ1v) is 17.5. The van der Waals surface area contributed by atoms with Gasteiger partial charge in [-0.2, -0.15) is 0 Å². The largest absolute Gasteiger partial charge is 0.290 e. The van der Waals surface area contributed by atoms with Gasteiger partial charge < -0.3 is 0 Å². The van der Waals surface area contributed by atoms with Crippen LogP contribution in [0, 0.1) is 11.8 Å². The van der Waals surface area contributed by atoms with Crippen LogP contribution in [-0.4, -0.2) is 32.1 Å². The summed E-state index contributed by atoms with van der Waals surface area (Å²) in [7, 11) is 0. The van der Waals surface area contributed by atoms with E-state index in [9.17, 15) is 10.4 Å². The van der Waals surface area contributed by atoms with Crippen molar-refractivity contribution >= 4 is 46.2 Å². The number of rotatable bonds is 8. The van der Waals surface area contributed by atoms with Gasteiger partial charge in [-0.1, -0.05) is 47.5 Å². The Bertz CT molecular complexity index is 1490. The second kappa shape index (κ2) is 18.7. The van der Waals surface area contributed by atoms with E-state index in [1.165, 1.54) is 11.1 Å². The molecule has 0 aliphatic heterocycles. The van der Waals surface area contributed by atoms with Gasteiger partial charge in [0.05, 0.1) is 11.4 Å². The number of benzene rings is 2. The van der Waals surface area contributed by atoms with Crippen LogP contribution >= 0.6 is 23.2 Å². The summed E-state index contributed by atoms with van der Waals surface area (Å²) < 4.78 is 0. The molecule has 6 rings (SSSR count). The Morgan fingerprint density at radius 2 is 1.02 bits per heavy atom. The van der Waals surface area contributed by atoms with Crippen molar-refractivity contribution in [2.24, 2.45) is 21.8 Å². The van der Waals surface area contributed by atoms with E-state index < -0.39 is 0 Å². The molecule has 2 aliphatic carbocycles. The SMILES string of the molecule is ONC(CC1CCC(c2cccnc2)CC1)=Nc1cccc(Cl)c1.ONC(CC1CCC(c2cccnc2)CC1)=Nc1cccc(Cl)c1. The average Bonchev–Trinajstić information content (AvgIpc) is 3.13. The summed E-state index contributed by atoms with van der Waals surface area (Å²) in [4.78, 5) is 17.4. The normalized spacial score (nSPS) is 21.5. The van der Waals surface area contributed by atoms with E-state index in [0.717, 1.165) is 75.6 Å². The molecule has 48 heavy (non-hydrogen) atoms. The molecule has 252 valence electrons. The molecule has 0 saturated heterocycles. The second-order valence-electron chi connectivity index (χ2n) is 12.7. The second-order valence-corrected chi connectivity index (χ2v) is 13.6. The van der Waals surface area contributed by atoms with Crippen LogP contribution in [0.3, 0.4) is 0 Å². The zero-order valence-electron chi connectivity index (χ0n) is 27.1. The van der Waals surface area contributed by atoms with E-state index in [2.05, 4.69) is 43.0 Å². The van der Waals surface area contributed by atoms with E-state index in [4.69, 9.17) is 23.2 Å². The Labute approximate surface area is 293 Å². The molecule has 0 atom stereocenters. The summed E-state index contributed by atoms with van der Waals surface area (Å²) in [6.07, 6.45) is 18.3. The van der Waals surface area contributed by atoms with E-state index in [0.29, 0.717) is 45.4 Å². The van der Waals surface area contributed by atoms with Crippen molar-refractivity contribution in [3.8, 4) is 0 Å². The summed E-state index contributed by atoms with van der Waals surface area (Å²) in [6.45, 7) is 0. The topological polar surface area (TPSA) is 115 Å². The van der Waals surface area contributed by atoms with E-state index in [-0.39, 0.29) is 0 Å². The molecule has 0 spiro atoms. The standard InChI is InChI=1S/2C19H22ClN3O/c2*20-17-4-1-5-18(12-17)22-19(23-24)11-14-6-8-15(9-7-14)16-3-2-10-21-13-16/h2*1-5,10,12-15,24H,6-9,11H2,(H,22,23). The number of hydrogen-bond acceptors (Lipinski definition) is 6. The Hall–Kier alpha value is -3.82. The van der Waals surface area contributed by atoms with Crippen LogP contribution in [0.25, 0.3) is 0 Å². The molecule has 4 N–H and O–H groups in total. The molecule has 10 heteroatoms. The third-order valence-electron chi connectivity index (χ3n) is 9.37. The Morgan fingerprint density at radius 3 is 1.35 bits per heavy atom. The highest BCUT2D eigenvalue weighted by Gasteiger charge is 2.25. The first-order valence-electron chi connectivity index (χ1n) is 16.8. The zero-order valence-corrected chi connectivity index (χ0v) is 28.6. The monoisotopic (exact) mass is 686 g/mol. The van der Waals surface area contributed by atoms with Crippen LogP contribution in [0.2, 0.25) is 10.0 Å². The third kappa shape index (κ3) is 11.1. The number of hydroxylamine groups is 2. The highest BCUT2D eigenvalue weighted by atomic mass is 35.5. The molecule has 2 fully saturated rings. The first kappa shape index (κ1) is 35.5. The average molecular weight is 688 g/mol. The van der Waals surface area contributed by atoms with Crippen molar-refractivity contribution < 1.29 is 10.4 Å². The minimum Gasteiger partial charge on any atom is -0.290 e. The van der Waals surface area contributed by atoms with E-state index >= 15 is 0 Å². The van der Waals surface area contributed by atoms with Gasteiger partial charge in [0.1, 0.15) is 11.7 Å². The van der Waals surface area contributed by atoms with Crippen molar-refractivity contribution in [3.63, 3.8) is 0 Å². The minimum atomic E-state index is 0.538. The third-order valence-corrected chi connectivity index (χ3v) is 9.84. The van der Waals surface area contributed by atoms with Gasteiger partial charge in [-0.15, -0.1) is 0 Å². The summed E-state index contributed by atoms with van der Waals surface area (Å²) in [5, 5.41) is 20.1. The maximum atomic E-state index is 9.40. The fraction of sp³-hybridized carbons (Fsp3) is 0.368. The van der Waals surface area contributed by atoms with Crippen LogP contribution in [0.1, 0.15) is 87.2 Å². The smallest absolute Gasteiger partial charge is 0.126 e. The molecule has 0 amide bonds. The maximum absolute atomic E-state index is 9.40. The molecular formula is C38H44Cl2N6O2. The predicted molar refractivity (Wildman–Crippen MR) is 194 cm³/mol. The number of nitrogens with one attached hydrogen (secondary N) is 2. The van der Waals surface area contributed by atoms with Crippen molar-refractivity contribution in [2.75, 3.05) is 0 Å². The molecule has 2 heterocycles. The number of halogens is 2. The number of aromatic nitrogens is 2. The Balaban J connectivity index is 0.000000188. The van der Waals surface area contributed by atoms with E-state index in [1.54, 1.807) is 12.1 Å². The van der Waals surface area contributed by atoms with Crippen LogP contribution in [0.5, 0.6) is 0 Å². The molecule has 2 aromatic carbocycles. The molecule has 0 bridgehead atoms. The molecule has 2 aliphatic rings. The Kier molecular flexibility index (Phi) is 13.8. The summed E-state index contributed by atoms with van der Waals surface area (Å²) in [5.74, 6) is 3.48. The van der Waals surface area contributed by atoms with Gasteiger partial charge in [-0.25, -0.2) is 9.98 Å². The number of nitrogens with zero attached hydrogens (tertiary/aromatic N) is 4. The first-order chi connectivity index (χ1) is 23.5. The van der Waals surface area contributed by atoms with Gasteiger partial charge in [0.15, 0.2) is 0 Å². The van der Waals surface area contributed by atoms with Crippen molar-refractivity contribution in [3.05, 3.63) is 119 Å². The van der Waals surface area contributed by atoms with Gasteiger partial charge in [-0.05, 0) is 135 Å². The molecule has 0 unspecified atom stereocenters. The predicted octanol–water partition coefficient (Wildman–Crippen LogP) is 10.2. The maximum Gasteiger partial charge on any atom is 0.126 e. The lowest BCUT2D eigenvalue weighted by molar-refractivity contribution is 0.226. The van der Waals surface area contributed by atoms with Crippen LogP contribution in [0.15, 0.2) is 108 Å². The molecular weight excluding hydrogens is 643 g/mol. The van der Waals surface area contributed by atoms with Crippen LogP contribution in [-0.2, 0) is 0 Å². The van der Waals surface area contributed by atoms with Gasteiger partial charge >= 0.3 is 0 Å². The highest BCUT2D eigenvalue weighted by Crippen LogP contribution is 2.38. The lowest BCUT2D eigenvalue weighted by Gasteiger charge is -2.28. The lowest BCUT2D eigenvalue weighted by atomic mass is 9.78. The summed E-state index contributed by atoms with van der Waals surface area (Å²) in [6, 6.07) is 23.0. The molecule has 2 aromatic heterocycles. The van der Waals surface area contributed by atoms with Gasteiger partial charge in [0.25, 0.3) is 0 Å². The van der Waals surface area contributed by atoms with Crippen LogP contribution < -0.4 is 11.0 Å². The van der Waals surface area contributed by atoms with Crippen molar-refractivity contribution in [1.29, 1.82) is 0 Å². The van der Waals surface area contributed by atoms with Gasteiger partial charge in [0.2, 0.25) is 0 Å². The molecule has 0 radical (unpaired) electrons. The number of hydrogen-bond donors (Lipinski definition) is 4. The van der Waals surface area contributed by atoms with Crippen molar-refractivity contribution in [2.45, 2.75) is 76.0 Å². The number of pyridine rings is 2.